The van der Waals surface area contributed by atoms with Crippen LogP contribution in [0.25, 0.3) is 0 Å². The molecule has 137 heavy (non-hydrogen) atoms. The Hall–Kier alpha value is -8.89. The van der Waals surface area contributed by atoms with Crippen LogP contribution in [-0.2, 0) is 68.1 Å². The smallest absolute Gasteiger partial charge is 0.488 e. The van der Waals surface area contributed by atoms with E-state index in [0.29, 0.717) is 108 Å². The maximum absolute atomic E-state index is 14.0. The summed E-state index contributed by atoms with van der Waals surface area (Å²) in [4.78, 5) is 67.8. The Morgan fingerprint density at radius 1 is 0.248 bits per heavy atom. The SMILES string of the molecule is COC(=O)Oc1cccc(Br)c1COc1cc(Cl)c(C)cc1Br.COC(=O)Oc1cccc(C)c1COc1cc(Cl)c(C)cc1Br.COC(=O)Oc1cccc(Cl)c1COc1cc(Cl)c(C)cc1Br.COC(=O)Oc1cccc(F)c1COc1cc(Cl)c(C)cc1Br.COC(=O)Oc1cccc(I)c1COc1cc(Cl)c(C)cc1Br.COC(=O)Oc1ccccc1COc1cc(Cl)c(C)cc1Br. The maximum Gasteiger partial charge on any atom is 0.513 e. The van der Waals surface area contributed by atoms with Gasteiger partial charge in [0.1, 0.15) is 114 Å². The van der Waals surface area contributed by atoms with Gasteiger partial charge in [-0.1, -0.05) is 152 Å². The molecule has 0 aliphatic carbocycles. The Kier molecular flexibility index (Phi) is 48.5. The van der Waals surface area contributed by atoms with Crippen molar-refractivity contribution in [1.29, 1.82) is 0 Å². The number of benzene rings is 12. The van der Waals surface area contributed by atoms with E-state index in [9.17, 15) is 33.2 Å². The van der Waals surface area contributed by atoms with E-state index in [2.05, 4.69) is 163 Å². The van der Waals surface area contributed by atoms with E-state index in [4.69, 9.17) is 138 Å². The van der Waals surface area contributed by atoms with Gasteiger partial charge in [-0.25, -0.2) is 33.2 Å². The number of halogens is 16. The summed E-state index contributed by atoms with van der Waals surface area (Å²) in [5, 5.41) is 4.02. The maximum atomic E-state index is 14.0. The van der Waals surface area contributed by atoms with Crippen molar-refractivity contribution in [3.8, 4) is 69.0 Å². The van der Waals surface area contributed by atoms with Gasteiger partial charge in [0, 0.05) is 96.8 Å². The lowest BCUT2D eigenvalue weighted by molar-refractivity contribution is 0.119. The lowest BCUT2D eigenvalue weighted by Crippen LogP contribution is -2.11. The Morgan fingerprint density at radius 2 is 0.496 bits per heavy atom. The second-order valence-corrected chi connectivity index (χ2v) is 37.8. The normalized spacial score (nSPS) is 10.3. The highest BCUT2D eigenvalue weighted by Crippen LogP contribution is 2.42. The van der Waals surface area contributed by atoms with E-state index in [-0.39, 0.29) is 56.7 Å². The first-order chi connectivity index (χ1) is 65.1. The number of rotatable bonds is 24. The molecule has 726 valence electrons. The molecule has 12 aromatic carbocycles. The second-order valence-electron chi connectivity index (χ2n) is 27.8. The number of para-hydroxylation sites is 1. The van der Waals surface area contributed by atoms with E-state index in [1.54, 1.807) is 109 Å². The average Bonchev–Trinajstić information content (AvgIpc) is 0.837. The Bertz CT molecular complexity index is 5560. The summed E-state index contributed by atoms with van der Waals surface area (Å²) >= 11 is 69.0. The molecule has 0 saturated carbocycles. The zero-order chi connectivity index (χ0) is 101. The first kappa shape index (κ1) is 115. The quantitative estimate of drug-likeness (QED) is 0.0235. The van der Waals surface area contributed by atoms with E-state index in [1.807, 2.05) is 109 Å². The molecular weight excluding hydrogens is 2500 g/mol. The molecule has 24 nitrogen and oxygen atoms in total. The number of carbonyl (C=O) groups is 6. The third-order valence-electron chi connectivity index (χ3n) is 18.3. The first-order valence-corrected chi connectivity index (χ1v) is 48.7. The monoisotopic (exact) mass is 2570 g/mol. The van der Waals surface area contributed by atoms with Crippen LogP contribution < -0.4 is 56.8 Å². The van der Waals surface area contributed by atoms with Gasteiger partial charge in [0.05, 0.1) is 85.6 Å². The van der Waals surface area contributed by atoms with Crippen LogP contribution in [0, 0.1) is 57.9 Å². The molecule has 0 saturated heterocycles. The van der Waals surface area contributed by atoms with Crippen molar-refractivity contribution in [2.75, 3.05) is 42.7 Å². The van der Waals surface area contributed by atoms with Crippen LogP contribution in [0.3, 0.4) is 0 Å². The molecule has 0 spiro atoms. The third kappa shape index (κ3) is 36.3. The Labute approximate surface area is 897 Å². The predicted octanol–water partition coefficient (Wildman–Crippen LogP) is 33.3. The van der Waals surface area contributed by atoms with Gasteiger partial charge >= 0.3 is 36.9 Å². The average molecular weight is 2590 g/mol. The summed E-state index contributed by atoms with van der Waals surface area (Å²) in [5.41, 5.74) is 10.1. The summed E-state index contributed by atoms with van der Waals surface area (Å²) in [6.07, 6.45) is -4.86. The summed E-state index contributed by atoms with van der Waals surface area (Å²) < 4.78 is 112. The minimum atomic E-state index is -0.934. The molecule has 0 atom stereocenters. The highest BCUT2D eigenvalue weighted by Gasteiger charge is 2.23. The van der Waals surface area contributed by atoms with E-state index in [0.717, 1.165) is 86.0 Å². The molecule has 0 aliphatic heterocycles. The molecule has 0 bridgehead atoms. The van der Waals surface area contributed by atoms with E-state index < -0.39 is 42.7 Å². The molecule has 0 aliphatic rings. The topological polar surface area (TPSA) is 269 Å². The van der Waals surface area contributed by atoms with Crippen LogP contribution >= 0.6 is 215 Å². The van der Waals surface area contributed by atoms with Crippen molar-refractivity contribution >= 4 is 252 Å². The van der Waals surface area contributed by atoms with Gasteiger partial charge in [-0.15, -0.1) is 0 Å². The van der Waals surface area contributed by atoms with E-state index in [1.165, 1.54) is 60.9 Å². The molecule has 40 heteroatoms. The van der Waals surface area contributed by atoms with Crippen molar-refractivity contribution in [1.82, 2.24) is 0 Å². The molecule has 0 unspecified atom stereocenters. The number of carbonyl (C=O) groups excluding carboxylic acids is 6. The van der Waals surface area contributed by atoms with Gasteiger partial charge in [0.2, 0.25) is 0 Å². The fourth-order valence-electron chi connectivity index (χ4n) is 10.9. The van der Waals surface area contributed by atoms with Gasteiger partial charge in [0.25, 0.3) is 0 Å². The van der Waals surface area contributed by atoms with E-state index >= 15 is 0 Å². The number of hydrogen-bond acceptors (Lipinski definition) is 24. The molecule has 0 heterocycles. The molecule has 0 aromatic heterocycles. The van der Waals surface area contributed by atoms with Gasteiger partial charge in [-0.05, 0) is 303 Å². The number of hydrogen-bond donors (Lipinski definition) is 0. The van der Waals surface area contributed by atoms with Crippen molar-refractivity contribution < 1.29 is 118 Å². The fourth-order valence-corrected chi connectivity index (χ4v) is 16.6. The van der Waals surface area contributed by atoms with Gasteiger partial charge < -0.3 is 85.3 Å². The van der Waals surface area contributed by atoms with Crippen molar-refractivity contribution in [2.45, 2.75) is 88.1 Å². The van der Waals surface area contributed by atoms with Gasteiger partial charge in [0.15, 0.2) is 0 Å². The largest absolute Gasteiger partial charge is 0.513 e. The zero-order valence-electron chi connectivity index (χ0n) is 74.5. The van der Waals surface area contributed by atoms with Gasteiger partial charge in [-0.2, -0.15) is 0 Å². The van der Waals surface area contributed by atoms with Crippen LogP contribution in [0.4, 0.5) is 33.2 Å². The van der Waals surface area contributed by atoms with Crippen LogP contribution in [0.2, 0.25) is 35.2 Å². The number of ether oxygens (including phenoxy) is 18. The summed E-state index contributed by atoms with van der Waals surface area (Å²) in [6.45, 7) is 14.2. The Morgan fingerprint density at radius 3 is 0.854 bits per heavy atom. The number of aryl methyl sites for hydroxylation is 7. The molecule has 0 fully saturated rings. The van der Waals surface area contributed by atoms with Crippen LogP contribution in [0.15, 0.2) is 219 Å². The lowest BCUT2D eigenvalue weighted by atomic mass is 10.1. The Balaban J connectivity index is 0.000000224. The summed E-state index contributed by atoms with van der Waals surface area (Å²) in [6, 6.07) is 53.7. The molecule has 0 N–H and O–H groups in total. The van der Waals surface area contributed by atoms with Crippen molar-refractivity contribution in [3.05, 3.63) is 336 Å². The highest BCUT2D eigenvalue weighted by molar-refractivity contribution is 14.1. The van der Waals surface area contributed by atoms with Crippen LogP contribution in [0.5, 0.6) is 69.0 Å². The first-order valence-electron chi connectivity index (χ1n) is 39.4. The molecule has 12 rings (SSSR count). The lowest BCUT2D eigenvalue weighted by Gasteiger charge is -2.14. The number of methoxy groups -OCH3 is 6. The van der Waals surface area contributed by atoms with Crippen LogP contribution in [0.1, 0.15) is 72.3 Å². The molecular formula is C97H82Br7Cl7FIO24. The highest BCUT2D eigenvalue weighted by atomic mass is 127. The summed E-state index contributed by atoms with van der Waals surface area (Å²) in [5.74, 6) is 4.78. The van der Waals surface area contributed by atoms with Crippen molar-refractivity contribution in [2.24, 2.45) is 0 Å². The fraction of sp³-hybridized carbons (Fsp3) is 0.196. The predicted molar refractivity (Wildman–Crippen MR) is 556 cm³/mol. The van der Waals surface area contributed by atoms with Crippen molar-refractivity contribution in [3.63, 3.8) is 0 Å². The molecule has 12 aromatic rings. The molecule has 0 amide bonds. The standard InChI is InChI=1S/C17H16BrClO4.C16H13Br2ClO4.C16H13BrCl2O4.C16H13BrClFO4.C16H13BrClIO4.C16H14BrClO4/c1-10-5-4-6-15(23-17(20)21-3)12(10)9-22-16-8-14(19)11(2)7-13(16)18;1-9-6-12(18)15(7-13(9)19)22-8-10-11(17)4-3-5-14(10)23-16(20)21-2;1-9-6-11(17)15(7-13(9)19)22-8-10-12(18)4-3-5-14(10)23-16(20)21-2;2*1-9-6-11(17)15(7-12(9)18)22-8-10-13(19)4-3-5-14(10)23-16(20)21-2;1-10-7-12(17)15(8-13(10)18)21-9-11-5-3-4-6-14(11)22-16(19)20-2/h4-8H,9H2,1-3H3;4*3-7H,8H2,1-2H3;3-8H,9H2,1-2H3. The summed E-state index contributed by atoms with van der Waals surface area (Å²) in [7, 11) is 7.43. The zero-order valence-corrected chi connectivity index (χ0v) is 93.0. The minimum absolute atomic E-state index is 0.0335. The van der Waals surface area contributed by atoms with Gasteiger partial charge in [-0.3, -0.25) is 0 Å². The second kappa shape index (κ2) is 57.7. The van der Waals surface area contributed by atoms with Crippen LogP contribution in [-0.4, -0.2) is 79.6 Å². The minimum Gasteiger partial charge on any atom is -0.488 e. The third-order valence-corrected chi connectivity index (χ3v) is 26.6. The molecule has 0 radical (unpaired) electrons.